The van der Waals surface area contributed by atoms with Crippen molar-refractivity contribution in [2.75, 3.05) is 0 Å². The third-order valence-electron chi connectivity index (χ3n) is 2.70. The van der Waals surface area contributed by atoms with Gasteiger partial charge in [-0.1, -0.05) is 20.3 Å². The Kier molecular flexibility index (Phi) is 4.62. The minimum atomic E-state index is -4.60. The van der Waals surface area contributed by atoms with Crippen LogP contribution in [0.5, 0.6) is 0 Å². The van der Waals surface area contributed by atoms with Crippen LogP contribution in [0.2, 0.25) is 0 Å². The Labute approximate surface area is 99.1 Å². The Balaban J connectivity index is 2.65. The second-order valence-electron chi connectivity index (χ2n) is 4.48. The van der Waals surface area contributed by atoms with E-state index in [4.69, 9.17) is 5.11 Å². The number of aromatic nitrogens is 1. The molecule has 98 valence electrons. The van der Waals surface area contributed by atoms with Gasteiger partial charge in [0.1, 0.15) is 0 Å². The van der Waals surface area contributed by atoms with Crippen LogP contribution in [0.15, 0.2) is 18.5 Å². The lowest BCUT2D eigenvalue weighted by Crippen LogP contribution is -2.19. The molecule has 2 atom stereocenters. The van der Waals surface area contributed by atoms with E-state index in [0.29, 0.717) is 12.5 Å². The van der Waals surface area contributed by atoms with Crippen molar-refractivity contribution in [1.82, 2.24) is 4.57 Å². The molecule has 0 aliphatic heterocycles. The highest BCUT2D eigenvalue weighted by atomic mass is 19.4. The molecule has 1 heterocycles. The summed E-state index contributed by atoms with van der Waals surface area (Å²) in [5, 5.41) is 9.07. The molecule has 0 aliphatic rings. The van der Waals surface area contributed by atoms with E-state index in [-0.39, 0.29) is 5.56 Å². The van der Waals surface area contributed by atoms with Crippen molar-refractivity contribution < 1.29 is 18.3 Å². The number of hydrogen-bond acceptors (Lipinski definition) is 1. The molecular weight excluding hydrogens is 231 g/mol. The first kappa shape index (κ1) is 14.1. The molecule has 0 saturated carbocycles. The van der Waals surface area contributed by atoms with E-state index in [1.807, 2.05) is 0 Å². The molecule has 0 aromatic carbocycles. The van der Waals surface area contributed by atoms with E-state index in [1.54, 1.807) is 10.8 Å². The van der Waals surface area contributed by atoms with Gasteiger partial charge in [-0.2, -0.15) is 13.2 Å². The average molecular weight is 249 g/mol. The molecule has 0 spiro atoms. The quantitative estimate of drug-likeness (QED) is 0.848. The maximum atomic E-state index is 12.3. The van der Waals surface area contributed by atoms with Crippen molar-refractivity contribution in [3.05, 3.63) is 24.0 Å². The summed E-state index contributed by atoms with van der Waals surface area (Å²) in [4.78, 5) is 0. The van der Waals surface area contributed by atoms with Gasteiger partial charge in [-0.3, -0.25) is 0 Å². The molecule has 17 heavy (non-hydrogen) atoms. The van der Waals surface area contributed by atoms with Crippen molar-refractivity contribution in [2.45, 2.75) is 45.5 Å². The van der Waals surface area contributed by atoms with E-state index < -0.39 is 12.3 Å². The molecule has 1 aromatic rings. The zero-order valence-corrected chi connectivity index (χ0v) is 10.0. The summed E-state index contributed by atoms with van der Waals surface area (Å²) < 4.78 is 38.5. The van der Waals surface area contributed by atoms with Crippen LogP contribution in [0.3, 0.4) is 0 Å². The summed E-state index contributed by atoms with van der Waals surface area (Å²) in [5.41, 5.74) is -0.0961. The fourth-order valence-corrected chi connectivity index (χ4v) is 1.87. The van der Waals surface area contributed by atoms with Crippen LogP contribution < -0.4 is 0 Å². The lowest BCUT2D eigenvalue weighted by Gasteiger charge is -2.13. The first-order valence-electron chi connectivity index (χ1n) is 5.75. The maximum Gasteiger partial charge on any atom is 0.418 e. The van der Waals surface area contributed by atoms with Crippen molar-refractivity contribution in [2.24, 2.45) is 5.92 Å². The summed E-state index contributed by atoms with van der Waals surface area (Å²) in [7, 11) is 0. The topological polar surface area (TPSA) is 25.2 Å². The lowest BCUT2D eigenvalue weighted by atomic mass is 10.1. The molecule has 5 heteroatoms. The lowest BCUT2D eigenvalue weighted by molar-refractivity contribution is -0.206. The third-order valence-corrected chi connectivity index (χ3v) is 2.70. The third kappa shape index (κ3) is 4.07. The largest absolute Gasteiger partial charge is 0.418 e. The van der Waals surface area contributed by atoms with E-state index in [9.17, 15) is 13.2 Å². The predicted molar refractivity (Wildman–Crippen MR) is 59.5 cm³/mol. The predicted octanol–water partition coefficient (Wildman–Crippen LogP) is 3.52. The minimum Gasteiger partial charge on any atom is -0.379 e. The summed E-state index contributed by atoms with van der Waals surface area (Å²) in [6.07, 6.45) is -1.94. The fraction of sp³-hybridized carbons (Fsp3) is 0.667. The van der Waals surface area contributed by atoms with Gasteiger partial charge < -0.3 is 9.67 Å². The maximum absolute atomic E-state index is 12.3. The first-order valence-corrected chi connectivity index (χ1v) is 5.75. The summed E-state index contributed by atoms with van der Waals surface area (Å²) >= 11 is 0. The minimum absolute atomic E-state index is 0.0961. The van der Waals surface area contributed by atoms with E-state index in [1.165, 1.54) is 12.3 Å². The van der Waals surface area contributed by atoms with Crippen LogP contribution >= 0.6 is 0 Å². The molecule has 0 fully saturated rings. The summed E-state index contributed by atoms with van der Waals surface area (Å²) in [6.45, 7) is 4.81. The van der Waals surface area contributed by atoms with Crippen molar-refractivity contribution >= 4 is 0 Å². The Morgan fingerprint density at radius 3 is 2.59 bits per heavy atom. The molecule has 1 aromatic heterocycles. The van der Waals surface area contributed by atoms with Crippen molar-refractivity contribution in [3.63, 3.8) is 0 Å². The van der Waals surface area contributed by atoms with Gasteiger partial charge in [-0.05, 0) is 18.4 Å². The highest BCUT2D eigenvalue weighted by molar-refractivity contribution is 5.15. The van der Waals surface area contributed by atoms with Crippen LogP contribution in [0, 0.1) is 5.92 Å². The molecule has 2 unspecified atom stereocenters. The molecule has 0 radical (unpaired) electrons. The zero-order chi connectivity index (χ0) is 13.1. The van der Waals surface area contributed by atoms with Gasteiger partial charge in [0.2, 0.25) is 0 Å². The number of aliphatic hydroxyl groups is 1. The summed E-state index contributed by atoms with van der Waals surface area (Å²) in [6, 6.07) is 1.32. The number of halogens is 3. The SMILES string of the molecule is CCCC(C)Cn1ccc(C(O)C(F)(F)F)c1. The van der Waals surface area contributed by atoms with Gasteiger partial charge >= 0.3 is 6.18 Å². The Hall–Kier alpha value is -0.970. The highest BCUT2D eigenvalue weighted by Gasteiger charge is 2.39. The molecule has 2 nitrogen and oxygen atoms in total. The standard InChI is InChI=1S/C12H18F3NO/c1-3-4-9(2)7-16-6-5-10(8-16)11(17)12(13,14)15/h5-6,8-9,11,17H,3-4,7H2,1-2H3. The van der Waals surface area contributed by atoms with Gasteiger partial charge in [-0.25, -0.2) is 0 Å². The Morgan fingerprint density at radius 2 is 2.06 bits per heavy atom. The van der Waals surface area contributed by atoms with Crippen molar-refractivity contribution in [3.8, 4) is 0 Å². The van der Waals surface area contributed by atoms with E-state index in [0.717, 1.165) is 12.8 Å². The van der Waals surface area contributed by atoms with Crippen LogP contribution in [-0.4, -0.2) is 15.8 Å². The van der Waals surface area contributed by atoms with Crippen LogP contribution in [-0.2, 0) is 6.54 Å². The molecule has 0 amide bonds. The molecule has 0 saturated heterocycles. The van der Waals surface area contributed by atoms with Gasteiger partial charge in [0, 0.05) is 24.5 Å². The van der Waals surface area contributed by atoms with Gasteiger partial charge in [0.15, 0.2) is 6.10 Å². The van der Waals surface area contributed by atoms with Gasteiger partial charge in [0.05, 0.1) is 0 Å². The normalized spacial score (nSPS) is 15.9. The van der Waals surface area contributed by atoms with Crippen molar-refractivity contribution in [1.29, 1.82) is 0 Å². The monoisotopic (exact) mass is 249 g/mol. The van der Waals surface area contributed by atoms with E-state index >= 15 is 0 Å². The Bertz CT molecular complexity index is 346. The molecule has 0 bridgehead atoms. The second-order valence-corrected chi connectivity index (χ2v) is 4.48. The fourth-order valence-electron chi connectivity index (χ4n) is 1.87. The number of alkyl halides is 3. The van der Waals surface area contributed by atoms with Crippen LogP contribution in [0.4, 0.5) is 13.2 Å². The number of hydrogen-bond donors (Lipinski definition) is 1. The van der Waals surface area contributed by atoms with Gasteiger partial charge in [-0.15, -0.1) is 0 Å². The average Bonchev–Trinajstić information content (AvgIpc) is 2.63. The zero-order valence-electron chi connectivity index (χ0n) is 10.0. The Morgan fingerprint density at radius 1 is 1.41 bits per heavy atom. The number of rotatable bonds is 5. The molecule has 1 N–H and O–H groups in total. The molecule has 0 aliphatic carbocycles. The number of aliphatic hydroxyl groups excluding tert-OH is 1. The highest BCUT2D eigenvalue weighted by Crippen LogP contribution is 2.32. The summed E-state index contributed by atoms with van der Waals surface area (Å²) in [5.74, 6) is 0.420. The molecular formula is C12H18F3NO. The van der Waals surface area contributed by atoms with Gasteiger partial charge in [0.25, 0.3) is 0 Å². The van der Waals surface area contributed by atoms with E-state index in [2.05, 4.69) is 13.8 Å². The smallest absolute Gasteiger partial charge is 0.379 e. The first-order chi connectivity index (χ1) is 7.84. The van der Waals surface area contributed by atoms with Crippen LogP contribution in [0.1, 0.15) is 38.4 Å². The molecule has 1 rings (SSSR count). The number of nitrogens with zero attached hydrogens (tertiary/aromatic N) is 1. The second kappa shape index (κ2) is 5.58. The van der Waals surface area contributed by atoms with Crippen LogP contribution in [0.25, 0.3) is 0 Å².